The number of pyridine rings is 1. The molecule has 0 radical (unpaired) electrons. The highest BCUT2D eigenvalue weighted by atomic mass is 79.9. The number of nitrogen functional groups attached to an aromatic ring is 1. The van der Waals surface area contributed by atoms with Crippen molar-refractivity contribution in [2.75, 3.05) is 5.73 Å². The predicted octanol–water partition coefficient (Wildman–Crippen LogP) is 3.59. The van der Waals surface area contributed by atoms with Crippen LogP contribution in [0.2, 0.25) is 5.02 Å². The number of nitrogens with two attached hydrogens (primary N) is 1. The van der Waals surface area contributed by atoms with E-state index in [0.29, 0.717) is 0 Å². The molecule has 0 aliphatic rings. The van der Waals surface area contributed by atoms with Gasteiger partial charge in [-0.3, -0.25) is 4.79 Å². The molecule has 1 aromatic heterocycles. The summed E-state index contributed by atoms with van der Waals surface area (Å²) in [5.41, 5.74) is 5.54. The second kappa shape index (κ2) is 5.22. The molecule has 2 aromatic rings. The zero-order valence-corrected chi connectivity index (χ0v) is 11.6. The van der Waals surface area contributed by atoms with Crippen molar-refractivity contribution in [3.8, 4) is 0 Å². The Balaban J connectivity index is 2.56. The van der Waals surface area contributed by atoms with Gasteiger partial charge in [0.25, 0.3) is 0 Å². The molecule has 3 nitrogen and oxygen atoms in total. The van der Waals surface area contributed by atoms with Gasteiger partial charge in [0.05, 0.1) is 15.1 Å². The van der Waals surface area contributed by atoms with Crippen LogP contribution in [-0.2, 0) is 0 Å². The average Bonchev–Trinajstić information content (AvgIpc) is 2.38. The normalized spacial score (nSPS) is 10.5. The number of benzene rings is 1. The maximum absolute atomic E-state index is 13.4. The van der Waals surface area contributed by atoms with Gasteiger partial charge in [-0.1, -0.05) is 11.6 Å². The van der Waals surface area contributed by atoms with Gasteiger partial charge in [-0.2, -0.15) is 0 Å². The molecule has 0 aliphatic carbocycles. The first kappa shape index (κ1) is 13.9. The summed E-state index contributed by atoms with van der Waals surface area (Å²) >= 11 is 8.57. The van der Waals surface area contributed by atoms with Crippen molar-refractivity contribution < 1.29 is 13.6 Å². The Morgan fingerprint density at radius 2 is 2.00 bits per heavy atom. The van der Waals surface area contributed by atoms with E-state index >= 15 is 0 Å². The van der Waals surface area contributed by atoms with E-state index in [2.05, 4.69) is 20.9 Å². The number of carbonyl (C=O) groups is 1. The minimum Gasteiger partial charge on any atom is -0.383 e. The molecule has 0 atom stereocenters. The molecule has 19 heavy (non-hydrogen) atoms. The fourth-order valence-corrected chi connectivity index (χ4v) is 2.14. The lowest BCUT2D eigenvalue weighted by Crippen LogP contribution is -2.09. The highest BCUT2D eigenvalue weighted by Gasteiger charge is 2.20. The number of anilines is 1. The summed E-state index contributed by atoms with van der Waals surface area (Å²) in [7, 11) is 0. The highest BCUT2D eigenvalue weighted by Crippen LogP contribution is 2.27. The molecule has 98 valence electrons. The van der Waals surface area contributed by atoms with Crippen LogP contribution in [0.4, 0.5) is 14.6 Å². The van der Waals surface area contributed by atoms with Crippen molar-refractivity contribution in [2.45, 2.75) is 0 Å². The molecule has 1 heterocycles. The van der Waals surface area contributed by atoms with E-state index in [1.807, 2.05) is 0 Å². The zero-order valence-electron chi connectivity index (χ0n) is 9.25. The summed E-state index contributed by atoms with van der Waals surface area (Å²) in [6, 6.07) is 3.34. The van der Waals surface area contributed by atoms with Crippen LogP contribution < -0.4 is 5.73 Å². The maximum Gasteiger partial charge on any atom is 0.198 e. The average molecular weight is 348 g/mol. The molecule has 2 rings (SSSR count). The van der Waals surface area contributed by atoms with Crippen LogP contribution >= 0.6 is 27.5 Å². The van der Waals surface area contributed by atoms with Gasteiger partial charge >= 0.3 is 0 Å². The van der Waals surface area contributed by atoms with E-state index in [4.69, 9.17) is 17.3 Å². The molecule has 2 N–H and O–H groups in total. The van der Waals surface area contributed by atoms with Crippen LogP contribution in [0.15, 0.2) is 28.9 Å². The number of aromatic nitrogens is 1. The van der Waals surface area contributed by atoms with Gasteiger partial charge in [-0.05, 0) is 34.1 Å². The zero-order chi connectivity index (χ0) is 14.2. The van der Waals surface area contributed by atoms with Crippen molar-refractivity contribution in [1.82, 2.24) is 4.98 Å². The maximum atomic E-state index is 13.4. The van der Waals surface area contributed by atoms with Crippen LogP contribution in [0.5, 0.6) is 0 Å². The number of rotatable bonds is 2. The summed E-state index contributed by atoms with van der Waals surface area (Å²) in [6.07, 6.45) is 1.29. The van der Waals surface area contributed by atoms with Crippen LogP contribution in [0.1, 0.15) is 15.9 Å². The molecule has 0 unspecified atom stereocenters. The molecule has 7 heteroatoms. The van der Waals surface area contributed by atoms with E-state index in [9.17, 15) is 13.6 Å². The Hall–Kier alpha value is -1.53. The second-order valence-corrected chi connectivity index (χ2v) is 4.87. The minimum atomic E-state index is -1.14. The third kappa shape index (κ3) is 2.59. The molecule has 0 fully saturated rings. The summed E-state index contributed by atoms with van der Waals surface area (Å²) < 4.78 is 26.1. The van der Waals surface area contributed by atoms with Gasteiger partial charge in [0.15, 0.2) is 17.4 Å². The molecule has 0 spiro atoms. The molecular formula is C12H6BrClF2N2O. The van der Waals surface area contributed by atoms with Crippen LogP contribution in [0.25, 0.3) is 0 Å². The van der Waals surface area contributed by atoms with Crippen molar-refractivity contribution >= 4 is 39.1 Å². The lowest BCUT2D eigenvalue weighted by atomic mass is 10.0. The Kier molecular flexibility index (Phi) is 3.82. The SMILES string of the molecule is Nc1ncc(Cl)cc1C(=O)c1ccc(F)c(F)c1Br. The third-order valence-corrected chi connectivity index (χ3v) is 3.39. The Morgan fingerprint density at radius 3 is 2.68 bits per heavy atom. The molecule has 0 aliphatic heterocycles. The first-order valence-electron chi connectivity index (χ1n) is 5.01. The number of nitrogens with zero attached hydrogens (tertiary/aromatic N) is 1. The highest BCUT2D eigenvalue weighted by molar-refractivity contribution is 9.10. The van der Waals surface area contributed by atoms with Crippen molar-refractivity contribution in [1.29, 1.82) is 0 Å². The van der Waals surface area contributed by atoms with Gasteiger partial charge in [0, 0.05) is 11.8 Å². The monoisotopic (exact) mass is 346 g/mol. The number of hydrogen-bond donors (Lipinski definition) is 1. The van der Waals surface area contributed by atoms with E-state index in [-0.39, 0.29) is 26.4 Å². The number of ketones is 1. The smallest absolute Gasteiger partial charge is 0.198 e. The Labute approximate surface area is 120 Å². The summed E-state index contributed by atoms with van der Waals surface area (Å²) in [5.74, 6) is -2.83. The quantitative estimate of drug-likeness (QED) is 0.667. The van der Waals surface area contributed by atoms with Crippen molar-refractivity contribution in [3.63, 3.8) is 0 Å². The molecule has 0 amide bonds. The van der Waals surface area contributed by atoms with Crippen molar-refractivity contribution in [3.05, 3.63) is 56.7 Å². The molecule has 1 aromatic carbocycles. The molecule has 0 saturated heterocycles. The van der Waals surface area contributed by atoms with E-state index < -0.39 is 17.4 Å². The van der Waals surface area contributed by atoms with Gasteiger partial charge in [-0.25, -0.2) is 13.8 Å². The number of halogens is 4. The Morgan fingerprint density at radius 1 is 1.32 bits per heavy atom. The standard InChI is InChI=1S/C12H6BrClF2N2O/c13-9-6(1-2-8(15)10(9)16)11(19)7-3-5(14)4-18-12(7)17/h1-4H,(H2,17,18). The number of hydrogen-bond acceptors (Lipinski definition) is 3. The van der Waals surface area contributed by atoms with Gasteiger partial charge in [-0.15, -0.1) is 0 Å². The fraction of sp³-hybridized carbons (Fsp3) is 0. The predicted molar refractivity (Wildman–Crippen MR) is 71.1 cm³/mol. The molecule has 0 bridgehead atoms. The van der Waals surface area contributed by atoms with E-state index in [1.165, 1.54) is 12.3 Å². The minimum absolute atomic E-state index is 0.0270. The molecule has 0 saturated carbocycles. The topological polar surface area (TPSA) is 56.0 Å². The fourth-order valence-electron chi connectivity index (χ4n) is 1.48. The lowest BCUT2D eigenvalue weighted by molar-refractivity contribution is 0.103. The summed E-state index contributed by atoms with van der Waals surface area (Å²) in [6.45, 7) is 0. The van der Waals surface area contributed by atoms with Gasteiger partial charge in [0.2, 0.25) is 0 Å². The van der Waals surface area contributed by atoms with Gasteiger partial charge in [0.1, 0.15) is 5.82 Å². The largest absolute Gasteiger partial charge is 0.383 e. The van der Waals surface area contributed by atoms with E-state index in [1.54, 1.807) is 0 Å². The summed E-state index contributed by atoms with van der Waals surface area (Å²) in [5, 5.41) is 0.219. The first-order chi connectivity index (χ1) is 8.91. The third-order valence-electron chi connectivity index (χ3n) is 2.41. The second-order valence-electron chi connectivity index (χ2n) is 3.64. The van der Waals surface area contributed by atoms with Gasteiger partial charge < -0.3 is 5.73 Å². The van der Waals surface area contributed by atoms with E-state index in [0.717, 1.165) is 12.1 Å². The van der Waals surface area contributed by atoms with Crippen molar-refractivity contribution in [2.24, 2.45) is 0 Å². The first-order valence-corrected chi connectivity index (χ1v) is 6.18. The van der Waals surface area contributed by atoms with Crippen LogP contribution in [0.3, 0.4) is 0 Å². The number of carbonyl (C=O) groups excluding carboxylic acids is 1. The lowest BCUT2D eigenvalue weighted by Gasteiger charge is -2.07. The molecular weight excluding hydrogens is 341 g/mol. The Bertz CT molecular complexity index is 679. The van der Waals surface area contributed by atoms with Crippen LogP contribution in [0, 0.1) is 11.6 Å². The summed E-state index contributed by atoms with van der Waals surface area (Å²) in [4.78, 5) is 15.9. The van der Waals surface area contributed by atoms with Crippen LogP contribution in [-0.4, -0.2) is 10.8 Å².